The fourth-order valence-electron chi connectivity index (χ4n) is 1.21. The number of furan rings is 1. The van der Waals surface area contributed by atoms with Crippen molar-refractivity contribution in [1.82, 2.24) is 10.6 Å². The highest BCUT2D eigenvalue weighted by atomic mass is 35.5. The van der Waals surface area contributed by atoms with E-state index in [0.29, 0.717) is 24.7 Å². The fraction of sp³-hybridized carbons (Fsp3) is 0.545. The maximum absolute atomic E-state index is 11.2. The summed E-state index contributed by atoms with van der Waals surface area (Å²) in [6.45, 7) is 3.99. The normalized spacial score (nSPS) is 10.4. The molecule has 4 nitrogen and oxygen atoms in total. The van der Waals surface area contributed by atoms with Crippen LogP contribution in [0.1, 0.15) is 25.5 Å². The third-order valence-electron chi connectivity index (χ3n) is 2.03. The lowest BCUT2D eigenvalue weighted by Gasteiger charge is -2.04. The first-order chi connectivity index (χ1) is 7.72. The Labute approximate surface area is 100 Å². The molecule has 16 heavy (non-hydrogen) atoms. The molecule has 0 saturated heterocycles. The SMILES string of the molecule is CCCNC(=O)CCNCc1ccc(Cl)o1. The summed E-state index contributed by atoms with van der Waals surface area (Å²) in [5.41, 5.74) is 0. The smallest absolute Gasteiger partial charge is 0.221 e. The van der Waals surface area contributed by atoms with E-state index in [2.05, 4.69) is 10.6 Å². The summed E-state index contributed by atoms with van der Waals surface area (Å²) in [4.78, 5) is 11.2. The molecule has 0 aliphatic carbocycles. The third-order valence-corrected chi connectivity index (χ3v) is 2.23. The van der Waals surface area contributed by atoms with E-state index in [4.69, 9.17) is 16.0 Å². The molecular weight excluding hydrogens is 228 g/mol. The van der Waals surface area contributed by atoms with E-state index in [9.17, 15) is 4.79 Å². The lowest BCUT2D eigenvalue weighted by atomic mass is 10.3. The van der Waals surface area contributed by atoms with Crippen molar-refractivity contribution in [2.75, 3.05) is 13.1 Å². The lowest BCUT2D eigenvalue weighted by molar-refractivity contribution is -0.120. The van der Waals surface area contributed by atoms with Crippen LogP contribution in [-0.2, 0) is 11.3 Å². The van der Waals surface area contributed by atoms with Crippen molar-refractivity contribution in [3.63, 3.8) is 0 Å². The Hall–Kier alpha value is -1.00. The average Bonchev–Trinajstić information content (AvgIpc) is 2.67. The number of carbonyl (C=O) groups is 1. The van der Waals surface area contributed by atoms with Gasteiger partial charge in [-0.1, -0.05) is 6.92 Å². The molecule has 1 amide bonds. The summed E-state index contributed by atoms with van der Waals surface area (Å²) in [5.74, 6) is 0.853. The van der Waals surface area contributed by atoms with Crippen LogP contribution in [0.3, 0.4) is 0 Å². The molecule has 1 rings (SSSR count). The molecule has 0 spiro atoms. The van der Waals surface area contributed by atoms with Gasteiger partial charge in [0.1, 0.15) is 5.76 Å². The quantitative estimate of drug-likeness (QED) is 0.721. The van der Waals surface area contributed by atoms with Gasteiger partial charge < -0.3 is 15.1 Å². The molecule has 0 bridgehead atoms. The van der Waals surface area contributed by atoms with E-state index in [0.717, 1.165) is 18.7 Å². The highest BCUT2D eigenvalue weighted by Gasteiger charge is 2.01. The molecule has 5 heteroatoms. The summed E-state index contributed by atoms with van der Waals surface area (Å²) >= 11 is 5.62. The summed E-state index contributed by atoms with van der Waals surface area (Å²) in [6, 6.07) is 3.51. The Morgan fingerprint density at radius 2 is 2.25 bits per heavy atom. The van der Waals surface area contributed by atoms with Crippen LogP contribution >= 0.6 is 11.6 Å². The zero-order valence-corrected chi connectivity index (χ0v) is 10.1. The maximum atomic E-state index is 11.2. The van der Waals surface area contributed by atoms with Crippen molar-refractivity contribution in [3.8, 4) is 0 Å². The summed E-state index contributed by atoms with van der Waals surface area (Å²) < 4.78 is 5.16. The van der Waals surface area contributed by atoms with Crippen molar-refractivity contribution in [3.05, 3.63) is 23.1 Å². The molecule has 0 atom stereocenters. The van der Waals surface area contributed by atoms with Gasteiger partial charge in [-0.2, -0.15) is 0 Å². The molecular formula is C11H17ClN2O2. The Balaban J connectivity index is 2.05. The molecule has 0 aliphatic rings. The van der Waals surface area contributed by atoms with Crippen molar-refractivity contribution < 1.29 is 9.21 Å². The number of nitrogens with one attached hydrogen (secondary N) is 2. The first kappa shape index (κ1) is 13.1. The van der Waals surface area contributed by atoms with E-state index in [-0.39, 0.29) is 5.91 Å². The van der Waals surface area contributed by atoms with E-state index < -0.39 is 0 Å². The molecule has 0 aliphatic heterocycles. The predicted octanol–water partition coefficient (Wildman–Crippen LogP) is 1.94. The van der Waals surface area contributed by atoms with Crippen molar-refractivity contribution in [2.45, 2.75) is 26.3 Å². The lowest BCUT2D eigenvalue weighted by Crippen LogP contribution is -2.27. The van der Waals surface area contributed by atoms with Gasteiger partial charge in [0.15, 0.2) is 5.22 Å². The molecule has 1 heterocycles. The molecule has 1 aromatic rings. The second-order valence-corrected chi connectivity index (χ2v) is 3.86. The highest BCUT2D eigenvalue weighted by molar-refractivity contribution is 6.28. The van der Waals surface area contributed by atoms with Gasteiger partial charge in [-0.3, -0.25) is 4.79 Å². The van der Waals surface area contributed by atoms with Crippen LogP contribution in [0.5, 0.6) is 0 Å². The monoisotopic (exact) mass is 244 g/mol. The Bertz CT molecular complexity index is 326. The Morgan fingerprint density at radius 1 is 1.44 bits per heavy atom. The van der Waals surface area contributed by atoms with Crippen molar-refractivity contribution in [1.29, 1.82) is 0 Å². The molecule has 0 radical (unpaired) electrons. The van der Waals surface area contributed by atoms with Crippen molar-refractivity contribution >= 4 is 17.5 Å². The molecule has 2 N–H and O–H groups in total. The first-order valence-corrected chi connectivity index (χ1v) is 5.81. The van der Waals surface area contributed by atoms with Gasteiger partial charge in [-0.25, -0.2) is 0 Å². The minimum Gasteiger partial charge on any atom is -0.448 e. The molecule has 0 fully saturated rings. The van der Waals surface area contributed by atoms with Gasteiger partial charge in [0.05, 0.1) is 6.54 Å². The predicted molar refractivity (Wildman–Crippen MR) is 63.3 cm³/mol. The van der Waals surface area contributed by atoms with Crippen LogP contribution in [0.4, 0.5) is 0 Å². The van der Waals surface area contributed by atoms with Crippen LogP contribution in [0.15, 0.2) is 16.5 Å². The second-order valence-electron chi connectivity index (χ2n) is 3.48. The Morgan fingerprint density at radius 3 is 2.88 bits per heavy atom. The number of hydrogen-bond donors (Lipinski definition) is 2. The fourth-order valence-corrected chi connectivity index (χ4v) is 1.38. The van der Waals surface area contributed by atoms with E-state index in [1.165, 1.54) is 0 Å². The van der Waals surface area contributed by atoms with Gasteiger partial charge in [0.2, 0.25) is 5.91 Å². The topological polar surface area (TPSA) is 54.3 Å². The van der Waals surface area contributed by atoms with Crippen LogP contribution < -0.4 is 10.6 Å². The van der Waals surface area contributed by atoms with Crippen LogP contribution in [0.25, 0.3) is 0 Å². The van der Waals surface area contributed by atoms with Gasteiger partial charge in [0.25, 0.3) is 0 Å². The van der Waals surface area contributed by atoms with E-state index in [1.54, 1.807) is 6.07 Å². The van der Waals surface area contributed by atoms with Crippen molar-refractivity contribution in [2.24, 2.45) is 0 Å². The molecule has 0 unspecified atom stereocenters. The minimum absolute atomic E-state index is 0.0758. The van der Waals surface area contributed by atoms with E-state index >= 15 is 0 Å². The molecule has 90 valence electrons. The average molecular weight is 245 g/mol. The summed E-state index contributed by atoms with van der Waals surface area (Å²) in [7, 11) is 0. The molecule has 1 aromatic heterocycles. The van der Waals surface area contributed by atoms with Gasteiger partial charge in [-0.15, -0.1) is 0 Å². The maximum Gasteiger partial charge on any atom is 0.221 e. The number of rotatable bonds is 7. The molecule has 0 saturated carbocycles. The second kappa shape index (κ2) is 7.30. The van der Waals surface area contributed by atoms with Crippen LogP contribution in [0.2, 0.25) is 5.22 Å². The van der Waals surface area contributed by atoms with Gasteiger partial charge in [0, 0.05) is 19.5 Å². The number of hydrogen-bond acceptors (Lipinski definition) is 3. The number of carbonyl (C=O) groups excluding carboxylic acids is 1. The number of amides is 1. The minimum atomic E-state index is 0.0758. The zero-order chi connectivity index (χ0) is 11.8. The molecule has 0 aromatic carbocycles. The van der Waals surface area contributed by atoms with Gasteiger partial charge in [-0.05, 0) is 30.2 Å². The van der Waals surface area contributed by atoms with Crippen LogP contribution in [-0.4, -0.2) is 19.0 Å². The largest absolute Gasteiger partial charge is 0.448 e. The summed E-state index contributed by atoms with van der Waals surface area (Å²) in [5, 5.41) is 6.31. The first-order valence-electron chi connectivity index (χ1n) is 5.44. The zero-order valence-electron chi connectivity index (χ0n) is 9.38. The van der Waals surface area contributed by atoms with Gasteiger partial charge >= 0.3 is 0 Å². The highest BCUT2D eigenvalue weighted by Crippen LogP contribution is 2.12. The van der Waals surface area contributed by atoms with Crippen LogP contribution in [0, 0.1) is 0 Å². The van der Waals surface area contributed by atoms with E-state index in [1.807, 2.05) is 13.0 Å². The third kappa shape index (κ3) is 5.19. The standard InChI is InChI=1S/C11H17ClN2O2/c1-2-6-14-11(15)5-7-13-8-9-3-4-10(12)16-9/h3-4,13H,2,5-8H2,1H3,(H,14,15). The summed E-state index contributed by atoms with van der Waals surface area (Å²) in [6.07, 6.45) is 1.44. The Kier molecular flexibility index (Phi) is 5.96. The number of halogens is 1.